The van der Waals surface area contributed by atoms with Crippen molar-refractivity contribution >= 4 is 31.6 Å². The van der Waals surface area contributed by atoms with Gasteiger partial charge in [0.1, 0.15) is 0 Å². The lowest BCUT2D eigenvalue weighted by atomic mass is 10.1. The Balaban J connectivity index is 2.15. The quantitative estimate of drug-likeness (QED) is 0.596. The fourth-order valence-corrected chi connectivity index (χ4v) is 2.85. The highest BCUT2D eigenvalue weighted by atomic mass is 31.0. The van der Waals surface area contributed by atoms with Crippen molar-refractivity contribution in [3.8, 4) is 0 Å². The van der Waals surface area contributed by atoms with Gasteiger partial charge in [-0.1, -0.05) is 42.0 Å². The Bertz CT molecular complexity index is 732. The molecule has 2 heteroatoms. The van der Waals surface area contributed by atoms with Crippen molar-refractivity contribution < 1.29 is 0 Å². The highest BCUT2D eigenvalue weighted by Crippen LogP contribution is 2.34. The van der Waals surface area contributed by atoms with Crippen LogP contribution in [0.2, 0.25) is 0 Å². The van der Waals surface area contributed by atoms with Crippen molar-refractivity contribution in [1.82, 2.24) is 0 Å². The second kappa shape index (κ2) is 6.34. The van der Waals surface area contributed by atoms with E-state index in [2.05, 4.69) is 101 Å². The van der Waals surface area contributed by atoms with Gasteiger partial charge in [0.2, 0.25) is 0 Å². The van der Waals surface area contributed by atoms with Crippen LogP contribution in [-0.2, 0) is 0 Å². The SMILES string of the molecule is Cc1ccc(N(c2cccc(C)c2)c2cccc(P)c2)cc1. The number of benzene rings is 3. The van der Waals surface area contributed by atoms with E-state index in [4.69, 9.17) is 0 Å². The third-order valence-electron chi connectivity index (χ3n) is 3.68. The lowest BCUT2D eigenvalue weighted by molar-refractivity contribution is 1.27. The number of anilines is 3. The molecule has 0 spiro atoms. The zero-order valence-corrected chi connectivity index (χ0v) is 14.1. The summed E-state index contributed by atoms with van der Waals surface area (Å²) >= 11 is 0. The van der Waals surface area contributed by atoms with Crippen molar-refractivity contribution in [2.45, 2.75) is 13.8 Å². The van der Waals surface area contributed by atoms with Crippen LogP contribution in [0.15, 0.2) is 72.8 Å². The maximum Gasteiger partial charge on any atom is 0.0467 e. The van der Waals surface area contributed by atoms with Crippen molar-refractivity contribution in [3.05, 3.63) is 83.9 Å². The van der Waals surface area contributed by atoms with E-state index in [0.717, 1.165) is 0 Å². The molecule has 0 N–H and O–H groups in total. The van der Waals surface area contributed by atoms with E-state index in [1.54, 1.807) is 0 Å². The van der Waals surface area contributed by atoms with Crippen LogP contribution in [-0.4, -0.2) is 0 Å². The van der Waals surface area contributed by atoms with Crippen molar-refractivity contribution in [3.63, 3.8) is 0 Å². The molecule has 0 aromatic heterocycles. The maximum absolute atomic E-state index is 2.77. The van der Waals surface area contributed by atoms with E-state index in [1.807, 2.05) is 0 Å². The standard InChI is InChI=1S/C20H20NP/c1-15-9-11-17(12-10-15)21(18-6-3-5-16(2)13-18)19-7-4-8-20(22)14-19/h3-14H,22H2,1-2H3. The second-order valence-corrected chi connectivity index (χ2v) is 6.27. The van der Waals surface area contributed by atoms with Gasteiger partial charge in [-0.25, -0.2) is 0 Å². The van der Waals surface area contributed by atoms with Gasteiger partial charge in [-0.3, -0.25) is 0 Å². The molecule has 3 aromatic carbocycles. The first-order valence-electron chi connectivity index (χ1n) is 7.42. The molecule has 0 heterocycles. The molecule has 3 aromatic rings. The fourth-order valence-electron chi connectivity index (χ4n) is 2.57. The van der Waals surface area contributed by atoms with Crippen molar-refractivity contribution in [1.29, 1.82) is 0 Å². The van der Waals surface area contributed by atoms with E-state index < -0.39 is 0 Å². The minimum absolute atomic E-state index is 1.17. The molecule has 0 fully saturated rings. The Morgan fingerprint density at radius 1 is 0.636 bits per heavy atom. The molecule has 0 radical (unpaired) electrons. The van der Waals surface area contributed by atoms with Crippen LogP contribution >= 0.6 is 9.24 Å². The van der Waals surface area contributed by atoms with Gasteiger partial charge >= 0.3 is 0 Å². The first kappa shape index (κ1) is 14.8. The third kappa shape index (κ3) is 3.21. The van der Waals surface area contributed by atoms with Gasteiger partial charge in [0.15, 0.2) is 0 Å². The molecule has 0 saturated heterocycles. The molecule has 0 bridgehead atoms. The molecule has 1 nitrogen and oxygen atoms in total. The lowest BCUT2D eigenvalue weighted by Crippen LogP contribution is -2.11. The number of hydrogen-bond donors (Lipinski definition) is 0. The first-order chi connectivity index (χ1) is 10.6. The zero-order valence-electron chi connectivity index (χ0n) is 13.0. The molecule has 110 valence electrons. The summed E-state index contributed by atoms with van der Waals surface area (Å²) in [5, 5.41) is 1.18. The summed E-state index contributed by atoms with van der Waals surface area (Å²) < 4.78 is 0. The zero-order chi connectivity index (χ0) is 15.5. The Morgan fingerprint density at radius 2 is 1.27 bits per heavy atom. The Morgan fingerprint density at radius 3 is 1.91 bits per heavy atom. The molecule has 1 unspecified atom stereocenters. The van der Waals surface area contributed by atoms with E-state index in [9.17, 15) is 0 Å². The average Bonchev–Trinajstić information content (AvgIpc) is 2.50. The molecule has 0 saturated carbocycles. The lowest BCUT2D eigenvalue weighted by Gasteiger charge is -2.26. The van der Waals surface area contributed by atoms with E-state index in [-0.39, 0.29) is 0 Å². The highest BCUT2D eigenvalue weighted by Gasteiger charge is 2.12. The molecule has 0 aliphatic rings. The second-order valence-electron chi connectivity index (χ2n) is 5.60. The molecule has 3 rings (SSSR count). The van der Waals surface area contributed by atoms with Crippen LogP contribution in [0, 0.1) is 13.8 Å². The predicted octanol–water partition coefficient (Wildman–Crippen LogP) is 5.27. The summed E-state index contributed by atoms with van der Waals surface area (Å²) in [7, 11) is 2.77. The summed E-state index contributed by atoms with van der Waals surface area (Å²) in [6.45, 7) is 4.24. The summed E-state index contributed by atoms with van der Waals surface area (Å²) in [4.78, 5) is 2.29. The average molecular weight is 305 g/mol. The van der Waals surface area contributed by atoms with Crippen molar-refractivity contribution in [2.24, 2.45) is 0 Å². The normalized spacial score (nSPS) is 10.5. The smallest absolute Gasteiger partial charge is 0.0467 e. The molecule has 0 aliphatic carbocycles. The molecular weight excluding hydrogens is 285 g/mol. The van der Waals surface area contributed by atoms with Gasteiger partial charge in [-0.15, -0.1) is 9.24 Å². The van der Waals surface area contributed by atoms with Crippen LogP contribution in [0.5, 0.6) is 0 Å². The summed E-state index contributed by atoms with van der Waals surface area (Å²) in [5.41, 5.74) is 6.05. The van der Waals surface area contributed by atoms with Crippen LogP contribution in [0.25, 0.3) is 0 Å². The monoisotopic (exact) mass is 305 g/mol. The topological polar surface area (TPSA) is 3.24 Å². The summed E-state index contributed by atoms with van der Waals surface area (Å²) in [6.07, 6.45) is 0. The fraction of sp³-hybridized carbons (Fsp3) is 0.100. The van der Waals surface area contributed by atoms with Gasteiger partial charge in [0.25, 0.3) is 0 Å². The van der Waals surface area contributed by atoms with Crippen LogP contribution < -0.4 is 10.2 Å². The van der Waals surface area contributed by atoms with Gasteiger partial charge in [0, 0.05) is 17.1 Å². The predicted molar refractivity (Wildman–Crippen MR) is 99.9 cm³/mol. The van der Waals surface area contributed by atoms with E-state index >= 15 is 0 Å². The minimum atomic E-state index is 1.17. The van der Waals surface area contributed by atoms with Crippen LogP contribution in [0.4, 0.5) is 17.1 Å². The molecule has 0 aliphatic heterocycles. The minimum Gasteiger partial charge on any atom is -0.310 e. The van der Waals surface area contributed by atoms with Crippen LogP contribution in [0.3, 0.4) is 0 Å². The van der Waals surface area contributed by atoms with Gasteiger partial charge < -0.3 is 4.90 Å². The number of rotatable bonds is 3. The summed E-state index contributed by atoms with van der Waals surface area (Å²) in [6, 6.07) is 25.8. The Hall–Kier alpha value is -2.11. The van der Waals surface area contributed by atoms with E-state index in [0.29, 0.717) is 0 Å². The first-order valence-corrected chi connectivity index (χ1v) is 8.00. The van der Waals surface area contributed by atoms with E-state index in [1.165, 1.54) is 33.5 Å². The maximum atomic E-state index is 2.77. The van der Waals surface area contributed by atoms with Crippen molar-refractivity contribution in [2.75, 3.05) is 4.90 Å². The van der Waals surface area contributed by atoms with Crippen LogP contribution in [0.1, 0.15) is 11.1 Å². The number of hydrogen-bond acceptors (Lipinski definition) is 1. The Kier molecular flexibility index (Phi) is 4.27. The van der Waals surface area contributed by atoms with Gasteiger partial charge in [-0.2, -0.15) is 0 Å². The molecular formula is C20H20NP. The highest BCUT2D eigenvalue weighted by molar-refractivity contribution is 7.27. The molecule has 22 heavy (non-hydrogen) atoms. The Labute approximate surface area is 134 Å². The van der Waals surface area contributed by atoms with Gasteiger partial charge in [-0.05, 0) is 61.1 Å². The molecule has 1 atom stereocenters. The summed E-state index contributed by atoms with van der Waals surface area (Å²) in [5.74, 6) is 0. The largest absolute Gasteiger partial charge is 0.310 e. The number of nitrogens with zero attached hydrogens (tertiary/aromatic N) is 1. The number of aryl methyl sites for hydroxylation is 2. The molecule has 0 amide bonds. The van der Waals surface area contributed by atoms with Gasteiger partial charge in [0.05, 0.1) is 0 Å². The third-order valence-corrected chi connectivity index (χ3v) is 4.04.